The van der Waals surface area contributed by atoms with Gasteiger partial charge in [-0.25, -0.2) is 0 Å². The number of likely N-dealkylation sites (tertiary alicyclic amines) is 1. The number of benzene rings is 2. The summed E-state index contributed by atoms with van der Waals surface area (Å²) >= 11 is 12.9. The average molecular weight is 530 g/mol. The lowest BCUT2D eigenvalue weighted by molar-refractivity contribution is 0.0722. The number of hydrogen-bond acceptors (Lipinski definition) is 5. The number of ether oxygens (including phenoxy) is 2. The molecule has 1 saturated heterocycles. The van der Waals surface area contributed by atoms with E-state index in [4.69, 9.17) is 32.7 Å². The normalized spacial score (nSPS) is 20.2. The minimum atomic E-state index is -0.591. The van der Waals surface area contributed by atoms with E-state index in [1.807, 2.05) is 36.4 Å². The topological polar surface area (TPSA) is 54.8 Å². The molecule has 0 spiro atoms. The van der Waals surface area contributed by atoms with E-state index in [1.54, 1.807) is 20.4 Å². The zero-order valence-corrected chi connectivity index (χ0v) is 22.6. The quantitative estimate of drug-likeness (QED) is 0.304. The molecule has 4 rings (SSSR count). The van der Waals surface area contributed by atoms with Crippen molar-refractivity contribution >= 4 is 34.1 Å². The van der Waals surface area contributed by atoms with Gasteiger partial charge in [-0.1, -0.05) is 42.3 Å². The largest absolute Gasteiger partial charge is 0.497 e. The summed E-state index contributed by atoms with van der Waals surface area (Å²) in [6.07, 6.45) is 5.17. The van der Waals surface area contributed by atoms with E-state index in [1.165, 1.54) is 0 Å². The molecule has 2 aromatic carbocycles. The van der Waals surface area contributed by atoms with E-state index in [-0.39, 0.29) is 5.92 Å². The highest BCUT2D eigenvalue weighted by atomic mass is 35.5. The summed E-state index contributed by atoms with van der Waals surface area (Å²) in [4.78, 5) is 6.85. The van der Waals surface area contributed by atoms with Gasteiger partial charge in [0.1, 0.15) is 16.5 Å². The van der Waals surface area contributed by atoms with Gasteiger partial charge in [-0.2, -0.15) is 0 Å². The number of hydrogen-bond donors (Lipinski definition) is 1. The van der Waals surface area contributed by atoms with Crippen LogP contribution in [-0.4, -0.2) is 42.3 Å². The monoisotopic (exact) mass is 528 g/mol. The summed E-state index contributed by atoms with van der Waals surface area (Å²) in [7, 11) is 3.23. The van der Waals surface area contributed by atoms with Crippen molar-refractivity contribution in [3.8, 4) is 11.5 Å². The predicted octanol–water partition coefficient (Wildman–Crippen LogP) is 6.94. The molecule has 1 fully saturated rings. The van der Waals surface area contributed by atoms with Crippen LogP contribution in [0.2, 0.25) is 10.0 Å². The van der Waals surface area contributed by atoms with E-state index in [0.29, 0.717) is 27.6 Å². The highest BCUT2D eigenvalue weighted by Crippen LogP contribution is 2.39. The number of fused-ring (bicyclic) bond motifs is 1. The summed E-state index contributed by atoms with van der Waals surface area (Å²) in [5.41, 5.74) is 2.74. The van der Waals surface area contributed by atoms with Gasteiger partial charge in [0.2, 0.25) is 0 Å². The van der Waals surface area contributed by atoms with Crippen LogP contribution in [0, 0.1) is 17.8 Å². The molecule has 1 aromatic heterocycles. The number of aliphatic hydroxyl groups is 1. The van der Waals surface area contributed by atoms with Gasteiger partial charge in [0, 0.05) is 24.7 Å². The maximum atomic E-state index is 11.3. The van der Waals surface area contributed by atoms with Crippen molar-refractivity contribution in [3.05, 3.63) is 76.4 Å². The third kappa shape index (κ3) is 5.65. The average Bonchev–Trinajstić information content (AvgIpc) is 2.91. The fraction of sp³-hybridized carbons (Fsp3) is 0.414. The number of halogens is 2. The van der Waals surface area contributed by atoms with E-state index in [9.17, 15) is 5.11 Å². The molecule has 1 N–H and O–H groups in total. The number of aliphatic hydroxyl groups excluding tert-OH is 1. The Bertz CT molecular complexity index is 1220. The number of aromatic nitrogens is 1. The van der Waals surface area contributed by atoms with Crippen LogP contribution >= 0.6 is 23.2 Å². The molecule has 2 unspecified atom stereocenters. The van der Waals surface area contributed by atoms with Crippen molar-refractivity contribution in [1.82, 2.24) is 9.88 Å². The van der Waals surface area contributed by atoms with Crippen molar-refractivity contribution < 1.29 is 14.6 Å². The molecule has 0 saturated carbocycles. The first-order valence-electron chi connectivity index (χ1n) is 12.3. The minimum Gasteiger partial charge on any atom is -0.497 e. The fourth-order valence-corrected chi connectivity index (χ4v) is 5.82. The molecule has 3 aromatic rings. The second kappa shape index (κ2) is 11.8. The Balaban J connectivity index is 1.43. The molecular weight excluding hydrogens is 495 g/mol. The Hall–Kier alpha value is -2.31. The highest BCUT2D eigenvalue weighted by Gasteiger charge is 2.31. The van der Waals surface area contributed by atoms with Crippen LogP contribution in [0.1, 0.15) is 37.0 Å². The van der Waals surface area contributed by atoms with Gasteiger partial charge in [-0.15, -0.1) is 6.58 Å². The highest BCUT2D eigenvalue weighted by molar-refractivity contribution is 6.43. The fourth-order valence-electron chi connectivity index (χ4n) is 5.34. The lowest BCUT2D eigenvalue weighted by Gasteiger charge is -2.39. The standard InChI is InChI=1S/C29H34Cl2N2O3/c1-5-19-16-33(17-21-6-9-26(36-4)28(31)27(21)30)13-11-20(19)14-18(2)29(34)23-10-12-32-25-8-7-22(35-3)15-24(23)25/h5-10,12,15,18-20,29,34H,1,11,13-14,16-17H2,2-4H3/t18-,19?,20?,29-/m0/s1. The molecule has 36 heavy (non-hydrogen) atoms. The number of methoxy groups -OCH3 is 2. The predicted molar refractivity (Wildman–Crippen MR) is 147 cm³/mol. The zero-order chi connectivity index (χ0) is 25.8. The van der Waals surface area contributed by atoms with Gasteiger partial charge in [-0.3, -0.25) is 9.88 Å². The van der Waals surface area contributed by atoms with Gasteiger partial charge in [0.25, 0.3) is 0 Å². The van der Waals surface area contributed by atoms with Crippen LogP contribution < -0.4 is 9.47 Å². The molecule has 5 nitrogen and oxygen atoms in total. The third-order valence-corrected chi connectivity index (χ3v) is 8.35. The van der Waals surface area contributed by atoms with Gasteiger partial charge >= 0.3 is 0 Å². The summed E-state index contributed by atoms with van der Waals surface area (Å²) in [6, 6.07) is 11.5. The Morgan fingerprint density at radius 3 is 2.69 bits per heavy atom. The number of pyridine rings is 1. The summed E-state index contributed by atoms with van der Waals surface area (Å²) < 4.78 is 10.7. The van der Waals surface area contributed by atoms with Crippen LogP contribution in [0.15, 0.2) is 55.3 Å². The first kappa shape index (κ1) is 26.7. The van der Waals surface area contributed by atoms with E-state index < -0.39 is 6.10 Å². The Morgan fingerprint density at radius 2 is 1.97 bits per heavy atom. The lowest BCUT2D eigenvalue weighted by Crippen LogP contribution is -2.40. The zero-order valence-electron chi connectivity index (χ0n) is 21.1. The van der Waals surface area contributed by atoms with Crippen molar-refractivity contribution in [1.29, 1.82) is 0 Å². The van der Waals surface area contributed by atoms with E-state index >= 15 is 0 Å². The minimum absolute atomic E-state index is 0.0793. The first-order chi connectivity index (χ1) is 17.4. The Kier molecular flexibility index (Phi) is 8.78. The van der Waals surface area contributed by atoms with Gasteiger partial charge < -0.3 is 14.6 Å². The number of nitrogens with zero attached hydrogens (tertiary/aromatic N) is 2. The molecule has 0 bridgehead atoms. The maximum absolute atomic E-state index is 11.3. The lowest BCUT2D eigenvalue weighted by atomic mass is 9.77. The van der Waals surface area contributed by atoms with Gasteiger partial charge in [0.05, 0.1) is 30.9 Å². The van der Waals surface area contributed by atoms with E-state index in [0.717, 1.165) is 60.3 Å². The molecule has 1 aliphatic heterocycles. The Morgan fingerprint density at radius 1 is 1.17 bits per heavy atom. The molecule has 2 heterocycles. The molecule has 1 aliphatic rings. The molecular formula is C29H34Cl2N2O3. The van der Waals surface area contributed by atoms with Gasteiger partial charge in [0.15, 0.2) is 0 Å². The number of piperidine rings is 1. The molecule has 0 amide bonds. The molecule has 0 aliphatic carbocycles. The smallest absolute Gasteiger partial charge is 0.138 e. The van der Waals surface area contributed by atoms with Crippen LogP contribution in [-0.2, 0) is 6.54 Å². The van der Waals surface area contributed by atoms with Crippen molar-refractivity contribution in [2.75, 3.05) is 27.3 Å². The SMILES string of the molecule is C=CC1CN(Cc2ccc(OC)c(Cl)c2Cl)CCC1C[C@H](C)[C@H](O)c1ccnc2ccc(OC)cc12. The summed E-state index contributed by atoms with van der Waals surface area (Å²) in [5, 5.41) is 13.3. The Labute approximate surface area is 223 Å². The van der Waals surface area contributed by atoms with Crippen LogP contribution in [0.5, 0.6) is 11.5 Å². The van der Waals surface area contributed by atoms with Crippen molar-refractivity contribution in [2.24, 2.45) is 17.8 Å². The molecule has 0 radical (unpaired) electrons. The van der Waals surface area contributed by atoms with Crippen molar-refractivity contribution in [3.63, 3.8) is 0 Å². The molecule has 192 valence electrons. The van der Waals surface area contributed by atoms with Crippen LogP contribution in [0.3, 0.4) is 0 Å². The maximum Gasteiger partial charge on any atom is 0.138 e. The third-order valence-electron chi connectivity index (χ3n) is 7.45. The van der Waals surface area contributed by atoms with Crippen LogP contribution in [0.25, 0.3) is 10.9 Å². The van der Waals surface area contributed by atoms with E-state index in [2.05, 4.69) is 29.5 Å². The molecule has 7 heteroatoms. The second-order valence-corrected chi connectivity index (χ2v) is 10.4. The number of rotatable bonds is 9. The summed E-state index contributed by atoms with van der Waals surface area (Å²) in [6.45, 7) is 8.83. The van der Waals surface area contributed by atoms with Gasteiger partial charge in [-0.05, 0) is 78.6 Å². The second-order valence-electron chi connectivity index (χ2n) is 9.68. The van der Waals surface area contributed by atoms with Crippen molar-refractivity contribution in [2.45, 2.75) is 32.4 Å². The first-order valence-corrected chi connectivity index (χ1v) is 13.1. The summed E-state index contributed by atoms with van der Waals surface area (Å²) in [5.74, 6) is 2.20. The molecule has 4 atom stereocenters. The van der Waals surface area contributed by atoms with Crippen LogP contribution in [0.4, 0.5) is 0 Å².